The minimum absolute atomic E-state index is 0.0886. The van der Waals surface area contributed by atoms with Gasteiger partial charge in [0.2, 0.25) is 0 Å². The summed E-state index contributed by atoms with van der Waals surface area (Å²) in [4.78, 5) is 10.5. The first-order valence-corrected chi connectivity index (χ1v) is 21.1. The average molecular weight is 788 g/mol. The summed E-state index contributed by atoms with van der Waals surface area (Å²) < 4.78 is 2.26. The second-order valence-corrected chi connectivity index (χ2v) is 19.6. The SMILES string of the molecule is Cc1ccc(-n2c(-c3cc(C(C)(C)C)cc(C)c3O)nc3c(-c4cc(-c5cc(-c6ccc(C(C)(C)C)cc6)ccn5)cc(C(C)(C)C)c4)cccc32)c(-c2ccccc2)c1. The molecule has 0 saturated carbocycles. The van der Waals surface area contributed by atoms with Crippen LogP contribution >= 0.6 is 0 Å². The summed E-state index contributed by atoms with van der Waals surface area (Å²) in [5.41, 5.74) is 17.6. The number of benzene rings is 6. The van der Waals surface area contributed by atoms with Crippen molar-refractivity contribution in [3.63, 3.8) is 0 Å². The molecule has 0 bridgehead atoms. The zero-order chi connectivity index (χ0) is 42.7. The Morgan fingerprint density at radius 2 is 1.15 bits per heavy atom. The highest BCUT2D eigenvalue weighted by atomic mass is 16.3. The minimum atomic E-state index is -0.140. The molecule has 2 aromatic heterocycles. The molecule has 0 aliphatic carbocycles. The Morgan fingerprint density at radius 1 is 0.483 bits per heavy atom. The van der Waals surface area contributed by atoms with E-state index < -0.39 is 0 Å². The maximum absolute atomic E-state index is 11.9. The van der Waals surface area contributed by atoms with Crippen molar-refractivity contribution in [3.8, 4) is 67.5 Å². The fraction of sp³-hybridized carbons (Fsp3) is 0.250. The predicted molar refractivity (Wildman–Crippen MR) is 253 cm³/mol. The summed E-state index contributed by atoms with van der Waals surface area (Å²) in [6, 6.07) is 47.9. The summed E-state index contributed by atoms with van der Waals surface area (Å²) in [7, 11) is 0. The number of hydrogen-bond donors (Lipinski definition) is 1. The van der Waals surface area contributed by atoms with E-state index >= 15 is 0 Å². The molecule has 8 aromatic rings. The molecule has 0 atom stereocenters. The van der Waals surface area contributed by atoms with Gasteiger partial charge in [-0.1, -0.05) is 153 Å². The van der Waals surface area contributed by atoms with Crippen LogP contribution in [0.5, 0.6) is 5.75 Å². The fourth-order valence-electron chi connectivity index (χ4n) is 8.13. The molecule has 8 rings (SSSR count). The molecule has 0 saturated heterocycles. The average Bonchev–Trinajstić information content (AvgIpc) is 3.60. The Balaban J connectivity index is 1.38. The zero-order valence-corrected chi connectivity index (χ0v) is 37.1. The van der Waals surface area contributed by atoms with Crippen LogP contribution in [0.4, 0.5) is 0 Å². The third-order valence-electron chi connectivity index (χ3n) is 11.8. The van der Waals surface area contributed by atoms with Gasteiger partial charge in [-0.25, -0.2) is 4.98 Å². The van der Waals surface area contributed by atoms with Gasteiger partial charge < -0.3 is 5.11 Å². The molecular formula is C56H57N3O. The normalized spacial score (nSPS) is 12.3. The van der Waals surface area contributed by atoms with Gasteiger partial charge in [0.25, 0.3) is 0 Å². The molecule has 1 N–H and O–H groups in total. The maximum atomic E-state index is 11.9. The van der Waals surface area contributed by atoms with Crippen molar-refractivity contribution in [2.45, 2.75) is 92.4 Å². The number of aromatic nitrogens is 3. The maximum Gasteiger partial charge on any atom is 0.149 e. The summed E-state index contributed by atoms with van der Waals surface area (Å²) in [6.45, 7) is 24.3. The van der Waals surface area contributed by atoms with Gasteiger partial charge in [0.05, 0.1) is 28.0 Å². The van der Waals surface area contributed by atoms with Gasteiger partial charge in [-0.3, -0.25) is 9.55 Å². The van der Waals surface area contributed by atoms with Crippen LogP contribution in [-0.4, -0.2) is 19.6 Å². The number of imidazole rings is 1. The molecule has 0 fully saturated rings. The lowest BCUT2D eigenvalue weighted by atomic mass is 9.83. The van der Waals surface area contributed by atoms with Crippen molar-refractivity contribution in [1.29, 1.82) is 0 Å². The molecule has 6 aromatic carbocycles. The Hall–Kier alpha value is -6.26. The predicted octanol–water partition coefficient (Wildman–Crippen LogP) is 15.0. The Morgan fingerprint density at radius 3 is 1.83 bits per heavy atom. The van der Waals surface area contributed by atoms with Gasteiger partial charge in [-0.15, -0.1) is 0 Å². The molecule has 0 aliphatic heterocycles. The van der Waals surface area contributed by atoms with Crippen molar-refractivity contribution in [3.05, 3.63) is 167 Å². The van der Waals surface area contributed by atoms with E-state index in [2.05, 4.69) is 207 Å². The number of nitrogens with zero attached hydrogens (tertiary/aromatic N) is 3. The van der Waals surface area contributed by atoms with Crippen LogP contribution < -0.4 is 0 Å². The number of phenols is 1. The topological polar surface area (TPSA) is 50.9 Å². The number of fused-ring (bicyclic) bond motifs is 1. The van der Waals surface area contributed by atoms with E-state index in [4.69, 9.17) is 9.97 Å². The van der Waals surface area contributed by atoms with Crippen LogP contribution in [0.15, 0.2) is 140 Å². The number of rotatable bonds is 6. The van der Waals surface area contributed by atoms with E-state index in [0.717, 1.165) is 66.9 Å². The van der Waals surface area contributed by atoms with E-state index in [1.807, 2.05) is 13.1 Å². The van der Waals surface area contributed by atoms with E-state index in [1.54, 1.807) is 0 Å². The monoisotopic (exact) mass is 787 g/mol. The van der Waals surface area contributed by atoms with E-state index in [0.29, 0.717) is 11.4 Å². The summed E-state index contributed by atoms with van der Waals surface area (Å²) in [5.74, 6) is 0.940. The molecule has 4 heteroatoms. The first-order valence-electron chi connectivity index (χ1n) is 21.1. The summed E-state index contributed by atoms with van der Waals surface area (Å²) in [5, 5.41) is 11.9. The molecule has 60 heavy (non-hydrogen) atoms. The van der Waals surface area contributed by atoms with Gasteiger partial charge in [0, 0.05) is 22.9 Å². The summed E-state index contributed by atoms with van der Waals surface area (Å²) >= 11 is 0. The number of aryl methyl sites for hydroxylation is 2. The first kappa shape index (κ1) is 40.5. The largest absolute Gasteiger partial charge is 0.507 e. The molecular weight excluding hydrogens is 731 g/mol. The van der Waals surface area contributed by atoms with Gasteiger partial charge >= 0.3 is 0 Å². The third-order valence-corrected chi connectivity index (χ3v) is 11.8. The van der Waals surface area contributed by atoms with Crippen molar-refractivity contribution in [2.24, 2.45) is 0 Å². The second kappa shape index (κ2) is 15.1. The lowest BCUT2D eigenvalue weighted by molar-refractivity contribution is 0.471. The highest BCUT2D eigenvalue weighted by molar-refractivity contribution is 5.98. The lowest BCUT2D eigenvalue weighted by Gasteiger charge is -2.22. The molecule has 0 unspecified atom stereocenters. The standard InChI is InChI=1S/C56H57N3O/c1-35-20-25-49(46(28-35)38-16-13-12-14-17-38)59-50-19-15-18-45(51(50)58-53(59)47-34-43(55(6,7)8)29-36(2)52(47)60)40-30-41(32-44(31-40)56(9,10)11)48-33-39(26-27-57-48)37-21-23-42(24-22-37)54(3,4)5/h12-34,60H,1-11H3. The summed E-state index contributed by atoms with van der Waals surface area (Å²) in [6.07, 6.45) is 1.92. The quantitative estimate of drug-likeness (QED) is 0.183. The minimum Gasteiger partial charge on any atom is -0.507 e. The van der Waals surface area contributed by atoms with Gasteiger partial charge in [0.1, 0.15) is 11.6 Å². The van der Waals surface area contributed by atoms with Crippen LogP contribution in [0.1, 0.15) is 90.1 Å². The van der Waals surface area contributed by atoms with Crippen LogP contribution in [0.25, 0.3) is 72.7 Å². The first-order chi connectivity index (χ1) is 28.4. The highest BCUT2D eigenvalue weighted by Gasteiger charge is 2.26. The smallest absolute Gasteiger partial charge is 0.149 e. The molecule has 2 heterocycles. The van der Waals surface area contributed by atoms with E-state index in [-0.39, 0.29) is 22.0 Å². The van der Waals surface area contributed by atoms with Crippen molar-refractivity contribution in [1.82, 2.24) is 14.5 Å². The van der Waals surface area contributed by atoms with E-state index in [1.165, 1.54) is 22.3 Å². The van der Waals surface area contributed by atoms with Crippen molar-refractivity contribution >= 4 is 11.0 Å². The zero-order valence-electron chi connectivity index (χ0n) is 37.1. The van der Waals surface area contributed by atoms with Crippen LogP contribution in [0.3, 0.4) is 0 Å². The molecule has 302 valence electrons. The Kier molecular flexibility index (Phi) is 10.2. The van der Waals surface area contributed by atoms with Gasteiger partial charge in [-0.05, 0) is 123 Å². The Labute approximate surface area is 356 Å². The van der Waals surface area contributed by atoms with Gasteiger partial charge in [-0.2, -0.15) is 0 Å². The van der Waals surface area contributed by atoms with Crippen molar-refractivity contribution < 1.29 is 5.11 Å². The molecule has 0 spiro atoms. The third kappa shape index (κ3) is 7.79. The number of para-hydroxylation sites is 1. The number of phenolic OH excluding ortho intramolecular Hbond substituents is 1. The van der Waals surface area contributed by atoms with E-state index in [9.17, 15) is 5.11 Å². The van der Waals surface area contributed by atoms with Crippen LogP contribution in [0, 0.1) is 13.8 Å². The number of pyridine rings is 1. The Bertz CT molecular complexity index is 2880. The van der Waals surface area contributed by atoms with Crippen LogP contribution in [-0.2, 0) is 16.2 Å². The molecule has 0 aliphatic rings. The van der Waals surface area contributed by atoms with Crippen molar-refractivity contribution in [2.75, 3.05) is 0 Å². The van der Waals surface area contributed by atoms with Gasteiger partial charge in [0.15, 0.2) is 0 Å². The van der Waals surface area contributed by atoms with Crippen LogP contribution in [0.2, 0.25) is 0 Å². The second-order valence-electron chi connectivity index (χ2n) is 19.6. The highest BCUT2D eigenvalue weighted by Crippen LogP contribution is 2.44. The number of hydrogen-bond acceptors (Lipinski definition) is 3. The molecule has 4 nitrogen and oxygen atoms in total. The lowest BCUT2D eigenvalue weighted by Crippen LogP contribution is -2.12. The molecule has 0 amide bonds. The fourth-order valence-corrected chi connectivity index (χ4v) is 8.13. The number of aromatic hydroxyl groups is 1. The molecule has 0 radical (unpaired) electrons.